The lowest BCUT2D eigenvalue weighted by molar-refractivity contribution is -0.133. The van der Waals surface area contributed by atoms with E-state index in [1.165, 1.54) is 38.0 Å². The Morgan fingerprint density at radius 3 is 2.12 bits per heavy atom. The molecule has 2 rings (SSSR count). The van der Waals surface area contributed by atoms with Crippen molar-refractivity contribution in [3.63, 3.8) is 0 Å². The number of hydrogen-bond donors (Lipinski definition) is 2. The summed E-state index contributed by atoms with van der Waals surface area (Å²) in [5, 5.41) is 19.4. The molecular formula is C18H19F2NO5. The van der Waals surface area contributed by atoms with Crippen LogP contribution in [0.25, 0.3) is 0 Å². The molecule has 140 valence electrons. The number of benzene rings is 1. The Hall–Kier alpha value is -2.74. The summed E-state index contributed by atoms with van der Waals surface area (Å²) < 4.78 is 33.1. The van der Waals surface area contributed by atoms with Crippen LogP contribution in [-0.2, 0) is 14.3 Å². The van der Waals surface area contributed by atoms with Crippen molar-refractivity contribution in [3.05, 3.63) is 57.9 Å². The van der Waals surface area contributed by atoms with Crippen LogP contribution in [0.15, 0.2) is 40.7 Å². The average molecular weight is 367 g/mol. The first-order chi connectivity index (χ1) is 12.2. The molecule has 1 aromatic carbocycles. The Bertz CT molecular complexity index is 778. The Morgan fingerprint density at radius 1 is 1.12 bits per heavy atom. The lowest BCUT2D eigenvalue weighted by atomic mass is 9.79. The van der Waals surface area contributed by atoms with Crippen LogP contribution in [-0.4, -0.2) is 47.3 Å². The van der Waals surface area contributed by atoms with Crippen molar-refractivity contribution in [2.75, 3.05) is 20.3 Å². The number of rotatable bonds is 6. The second-order valence-electron chi connectivity index (χ2n) is 5.83. The predicted octanol–water partition coefficient (Wildman–Crippen LogP) is 2.73. The molecule has 0 saturated carbocycles. The highest BCUT2D eigenvalue weighted by Crippen LogP contribution is 2.42. The third-order valence-electron chi connectivity index (χ3n) is 4.44. The summed E-state index contributed by atoms with van der Waals surface area (Å²) in [7, 11) is 1.46. The van der Waals surface area contributed by atoms with Gasteiger partial charge >= 0.3 is 11.9 Å². The monoisotopic (exact) mass is 367 g/mol. The van der Waals surface area contributed by atoms with Gasteiger partial charge in [-0.3, -0.25) is 0 Å². The standard InChI is InChI=1S/C18H19F2NO5/c1-9-13(17(22)23)15(11-5-4-6-12(19)16(11)20)14(18(24)25)10(2)21(9)7-8-26-3/h4-6,15H,7-8H2,1-3H3,(H,22,23)(H,24,25). The van der Waals surface area contributed by atoms with Gasteiger partial charge < -0.3 is 19.8 Å². The maximum atomic E-state index is 14.4. The maximum absolute atomic E-state index is 14.4. The zero-order valence-electron chi connectivity index (χ0n) is 14.5. The van der Waals surface area contributed by atoms with Crippen LogP contribution in [0, 0.1) is 11.6 Å². The van der Waals surface area contributed by atoms with Crippen LogP contribution in [0.5, 0.6) is 0 Å². The van der Waals surface area contributed by atoms with E-state index >= 15 is 0 Å². The first kappa shape index (κ1) is 19.6. The first-order valence-electron chi connectivity index (χ1n) is 7.80. The normalized spacial score (nSPS) is 15.7. The quantitative estimate of drug-likeness (QED) is 0.804. The van der Waals surface area contributed by atoms with Crippen LogP contribution >= 0.6 is 0 Å². The van der Waals surface area contributed by atoms with Gasteiger partial charge in [0.15, 0.2) is 11.6 Å². The summed E-state index contributed by atoms with van der Waals surface area (Å²) in [4.78, 5) is 25.3. The van der Waals surface area contributed by atoms with E-state index in [0.29, 0.717) is 0 Å². The Kier molecular flexibility index (Phi) is 5.76. The Morgan fingerprint density at radius 2 is 1.65 bits per heavy atom. The molecule has 0 fully saturated rings. The van der Waals surface area contributed by atoms with Crippen molar-refractivity contribution in [3.8, 4) is 0 Å². The molecule has 1 aliphatic heterocycles. The van der Waals surface area contributed by atoms with Gasteiger partial charge in [-0.15, -0.1) is 0 Å². The van der Waals surface area contributed by atoms with Crippen LogP contribution < -0.4 is 0 Å². The highest BCUT2D eigenvalue weighted by Gasteiger charge is 2.40. The number of allylic oxidation sites excluding steroid dienone is 2. The number of carbonyl (C=O) groups is 2. The minimum atomic E-state index is -1.43. The zero-order valence-corrected chi connectivity index (χ0v) is 14.5. The van der Waals surface area contributed by atoms with Crippen molar-refractivity contribution in [2.24, 2.45) is 0 Å². The number of methoxy groups -OCH3 is 1. The highest BCUT2D eigenvalue weighted by atomic mass is 19.2. The van der Waals surface area contributed by atoms with Gasteiger partial charge in [0.05, 0.1) is 23.7 Å². The molecule has 0 aromatic heterocycles. The molecule has 1 aromatic rings. The molecule has 2 N–H and O–H groups in total. The molecule has 8 heteroatoms. The molecular weight excluding hydrogens is 348 g/mol. The smallest absolute Gasteiger partial charge is 0.334 e. The lowest BCUT2D eigenvalue weighted by Gasteiger charge is -2.37. The minimum Gasteiger partial charge on any atom is -0.478 e. The molecule has 26 heavy (non-hydrogen) atoms. The fraction of sp³-hybridized carbons (Fsp3) is 0.333. The molecule has 1 heterocycles. The molecule has 0 radical (unpaired) electrons. The zero-order chi connectivity index (χ0) is 19.6. The lowest BCUT2D eigenvalue weighted by Crippen LogP contribution is -2.36. The van der Waals surface area contributed by atoms with Gasteiger partial charge in [-0.1, -0.05) is 12.1 Å². The maximum Gasteiger partial charge on any atom is 0.334 e. The Labute approximate surface area is 149 Å². The highest BCUT2D eigenvalue weighted by molar-refractivity contribution is 5.98. The van der Waals surface area contributed by atoms with Gasteiger partial charge in [0.1, 0.15) is 0 Å². The van der Waals surface area contributed by atoms with E-state index in [0.717, 1.165) is 6.07 Å². The molecule has 0 spiro atoms. The molecule has 1 aliphatic rings. The number of aliphatic carboxylic acids is 2. The second kappa shape index (κ2) is 7.65. The van der Waals surface area contributed by atoms with Crippen molar-refractivity contribution in [1.29, 1.82) is 0 Å². The molecule has 0 bridgehead atoms. The van der Waals surface area contributed by atoms with Crippen molar-refractivity contribution < 1.29 is 33.3 Å². The molecule has 6 nitrogen and oxygen atoms in total. The summed E-state index contributed by atoms with van der Waals surface area (Å²) >= 11 is 0. The van der Waals surface area contributed by atoms with Crippen molar-refractivity contribution >= 4 is 11.9 Å². The summed E-state index contributed by atoms with van der Waals surface area (Å²) in [6.45, 7) is 3.46. The molecule has 0 unspecified atom stereocenters. The van der Waals surface area contributed by atoms with Gasteiger partial charge in [0.25, 0.3) is 0 Å². The van der Waals surface area contributed by atoms with Crippen LogP contribution in [0.1, 0.15) is 25.3 Å². The molecule has 0 saturated heterocycles. The summed E-state index contributed by atoms with van der Waals surface area (Å²) in [5.74, 6) is -6.66. The molecule has 0 amide bonds. The molecule has 0 aliphatic carbocycles. The van der Waals surface area contributed by atoms with Gasteiger partial charge in [-0.05, 0) is 19.9 Å². The fourth-order valence-electron chi connectivity index (χ4n) is 3.23. The van der Waals surface area contributed by atoms with E-state index in [4.69, 9.17) is 4.74 Å². The van der Waals surface area contributed by atoms with Crippen molar-refractivity contribution in [2.45, 2.75) is 19.8 Å². The van der Waals surface area contributed by atoms with E-state index in [1.54, 1.807) is 0 Å². The largest absolute Gasteiger partial charge is 0.478 e. The van der Waals surface area contributed by atoms with Crippen LogP contribution in [0.4, 0.5) is 8.78 Å². The minimum absolute atomic E-state index is 0.222. The number of carboxylic acids is 2. The average Bonchev–Trinajstić information content (AvgIpc) is 2.56. The van der Waals surface area contributed by atoms with E-state index < -0.39 is 29.5 Å². The number of hydrogen-bond acceptors (Lipinski definition) is 4. The topological polar surface area (TPSA) is 87.1 Å². The number of nitrogens with zero attached hydrogens (tertiary/aromatic N) is 1. The third kappa shape index (κ3) is 3.32. The SMILES string of the molecule is COCCN1C(C)=C(C(=O)O)C(c2cccc(F)c2F)C(C(=O)O)=C1C. The predicted molar refractivity (Wildman–Crippen MR) is 88.4 cm³/mol. The summed E-state index contributed by atoms with van der Waals surface area (Å²) in [6.07, 6.45) is 0. The molecule has 0 atom stereocenters. The number of ether oxygens (including phenoxy) is 1. The van der Waals surface area contributed by atoms with Gasteiger partial charge in [0, 0.05) is 30.6 Å². The van der Waals surface area contributed by atoms with Gasteiger partial charge in [-0.2, -0.15) is 0 Å². The van der Waals surface area contributed by atoms with E-state index in [1.807, 2.05) is 0 Å². The van der Waals surface area contributed by atoms with Crippen molar-refractivity contribution in [1.82, 2.24) is 4.90 Å². The second-order valence-corrected chi connectivity index (χ2v) is 5.83. The summed E-state index contributed by atoms with van der Waals surface area (Å²) in [6, 6.07) is 3.30. The first-order valence-corrected chi connectivity index (χ1v) is 7.80. The van der Waals surface area contributed by atoms with Gasteiger partial charge in [-0.25, -0.2) is 18.4 Å². The summed E-state index contributed by atoms with van der Waals surface area (Å²) in [5.41, 5.74) is -0.441. The fourth-order valence-corrected chi connectivity index (χ4v) is 3.23. The number of halogens is 2. The van der Waals surface area contributed by atoms with E-state index in [9.17, 15) is 28.6 Å². The van der Waals surface area contributed by atoms with E-state index in [-0.39, 0.29) is 41.3 Å². The van der Waals surface area contributed by atoms with Crippen LogP contribution in [0.3, 0.4) is 0 Å². The van der Waals surface area contributed by atoms with E-state index in [2.05, 4.69) is 0 Å². The number of carboxylic acid groups (broad SMARTS) is 2. The van der Waals surface area contributed by atoms with Gasteiger partial charge in [0.2, 0.25) is 0 Å². The third-order valence-corrected chi connectivity index (χ3v) is 4.44. The van der Waals surface area contributed by atoms with Crippen LogP contribution in [0.2, 0.25) is 0 Å². The Balaban J connectivity index is 2.78.